The summed E-state index contributed by atoms with van der Waals surface area (Å²) < 4.78 is 2.00. The summed E-state index contributed by atoms with van der Waals surface area (Å²) in [6.07, 6.45) is 0.738. The Morgan fingerprint density at radius 3 is 2.65 bits per heavy atom. The summed E-state index contributed by atoms with van der Waals surface area (Å²) in [4.78, 5) is 15.8. The van der Waals surface area contributed by atoms with Crippen LogP contribution in [0.4, 0.5) is 0 Å². The van der Waals surface area contributed by atoms with Gasteiger partial charge in [0.25, 0.3) is 0 Å². The second kappa shape index (κ2) is 6.22. The number of benzene rings is 2. The van der Waals surface area contributed by atoms with Gasteiger partial charge < -0.3 is 9.67 Å². The molecule has 0 spiro atoms. The van der Waals surface area contributed by atoms with Crippen LogP contribution in [-0.4, -0.2) is 20.6 Å². The fraction of sp³-hybridized carbons (Fsp3) is 0.176. The van der Waals surface area contributed by atoms with Crippen molar-refractivity contribution in [3.63, 3.8) is 0 Å². The van der Waals surface area contributed by atoms with Crippen LogP contribution in [0.25, 0.3) is 11.0 Å². The maximum atomic E-state index is 11.2. The molecule has 0 saturated heterocycles. The van der Waals surface area contributed by atoms with E-state index in [1.165, 1.54) is 0 Å². The largest absolute Gasteiger partial charge is 0.478 e. The van der Waals surface area contributed by atoms with E-state index >= 15 is 0 Å². The predicted molar refractivity (Wildman–Crippen MR) is 91.6 cm³/mol. The van der Waals surface area contributed by atoms with Gasteiger partial charge in [0.15, 0.2) is 0 Å². The minimum Gasteiger partial charge on any atom is -0.478 e. The van der Waals surface area contributed by atoms with Crippen molar-refractivity contribution in [3.05, 3.63) is 63.4 Å². The van der Waals surface area contributed by atoms with E-state index in [4.69, 9.17) is 23.2 Å². The number of rotatable bonds is 4. The summed E-state index contributed by atoms with van der Waals surface area (Å²) in [6, 6.07) is 10.3. The van der Waals surface area contributed by atoms with E-state index in [1.54, 1.807) is 30.3 Å². The molecule has 0 unspecified atom stereocenters. The molecule has 1 aromatic heterocycles. The molecule has 0 bridgehead atoms. The van der Waals surface area contributed by atoms with Crippen molar-refractivity contribution >= 4 is 40.2 Å². The van der Waals surface area contributed by atoms with Crippen LogP contribution in [-0.2, 0) is 13.0 Å². The molecule has 0 aliphatic rings. The summed E-state index contributed by atoms with van der Waals surface area (Å²) in [5.74, 6) is -0.0734. The molecular formula is C17H14Cl2N2O2. The Bertz CT molecular complexity index is 903. The quantitative estimate of drug-likeness (QED) is 0.746. The Morgan fingerprint density at radius 1 is 1.22 bits per heavy atom. The monoisotopic (exact) mass is 348 g/mol. The first-order valence-electron chi connectivity index (χ1n) is 7.16. The fourth-order valence-corrected chi connectivity index (χ4v) is 3.04. The zero-order valence-corrected chi connectivity index (χ0v) is 13.9. The highest BCUT2D eigenvalue weighted by Gasteiger charge is 2.14. The van der Waals surface area contributed by atoms with Crippen molar-refractivity contribution in [1.82, 2.24) is 9.55 Å². The van der Waals surface area contributed by atoms with Gasteiger partial charge in [0, 0.05) is 16.5 Å². The topological polar surface area (TPSA) is 55.1 Å². The van der Waals surface area contributed by atoms with Crippen LogP contribution in [0.2, 0.25) is 10.0 Å². The number of carboxylic acids is 1. The number of aromatic nitrogens is 2. The van der Waals surface area contributed by atoms with E-state index in [-0.39, 0.29) is 5.56 Å². The standard InChI is InChI=1S/C17H14Cl2N2O2/c1-2-16-20-14-6-4-10(17(22)23)7-15(14)21(16)9-11-3-5-12(18)8-13(11)19/h3-8H,2,9H2,1H3,(H,22,23). The van der Waals surface area contributed by atoms with Gasteiger partial charge in [-0.25, -0.2) is 9.78 Å². The van der Waals surface area contributed by atoms with Gasteiger partial charge in [-0.15, -0.1) is 0 Å². The highest BCUT2D eigenvalue weighted by Crippen LogP contribution is 2.25. The zero-order chi connectivity index (χ0) is 16.6. The lowest BCUT2D eigenvalue weighted by atomic mass is 10.2. The van der Waals surface area contributed by atoms with E-state index in [0.29, 0.717) is 16.6 Å². The maximum absolute atomic E-state index is 11.2. The van der Waals surface area contributed by atoms with Crippen LogP contribution in [0.15, 0.2) is 36.4 Å². The number of carbonyl (C=O) groups is 1. The van der Waals surface area contributed by atoms with E-state index in [0.717, 1.165) is 28.8 Å². The summed E-state index contributed by atoms with van der Waals surface area (Å²) in [6.45, 7) is 2.53. The molecule has 4 nitrogen and oxygen atoms in total. The smallest absolute Gasteiger partial charge is 0.335 e. The van der Waals surface area contributed by atoms with Crippen LogP contribution in [0, 0.1) is 0 Å². The van der Waals surface area contributed by atoms with Crippen molar-refractivity contribution < 1.29 is 9.90 Å². The van der Waals surface area contributed by atoms with Crippen LogP contribution >= 0.6 is 23.2 Å². The molecule has 2 aromatic carbocycles. The van der Waals surface area contributed by atoms with Gasteiger partial charge in [-0.3, -0.25) is 0 Å². The molecule has 118 valence electrons. The van der Waals surface area contributed by atoms with Gasteiger partial charge in [-0.1, -0.05) is 36.2 Å². The molecule has 3 aromatic rings. The Morgan fingerprint density at radius 2 is 2.00 bits per heavy atom. The normalized spacial score (nSPS) is 11.1. The van der Waals surface area contributed by atoms with Gasteiger partial charge >= 0.3 is 5.97 Å². The number of hydrogen-bond donors (Lipinski definition) is 1. The summed E-state index contributed by atoms with van der Waals surface area (Å²) >= 11 is 12.2. The van der Waals surface area contributed by atoms with Crippen molar-refractivity contribution in [2.75, 3.05) is 0 Å². The Kier molecular flexibility index (Phi) is 4.28. The molecule has 3 rings (SSSR count). The number of halogens is 2. The van der Waals surface area contributed by atoms with Gasteiger partial charge in [0.1, 0.15) is 5.82 Å². The van der Waals surface area contributed by atoms with Crippen molar-refractivity contribution in [1.29, 1.82) is 0 Å². The van der Waals surface area contributed by atoms with Crippen molar-refractivity contribution in [2.45, 2.75) is 19.9 Å². The van der Waals surface area contributed by atoms with Gasteiger partial charge in [0.2, 0.25) is 0 Å². The molecule has 0 aliphatic heterocycles. The van der Waals surface area contributed by atoms with Crippen LogP contribution in [0.3, 0.4) is 0 Å². The van der Waals surface area contributed by atoms with Gasteiger partial charge in [0.05, 0.1) is 23.1 Å². The van der Waals surface area contributed by atoms with Crippen molar-refractivity contribution in [3.8, 4) is 0 Å². The van der Waals surface area contributed by atoms with E-state index in [9.17, 15) is 9.90 Å². The Hall–Kier alpha value is -2.04. The lowest BCUT2D eigenvalue weighted by molar-refractivity contribution is 0.0697. The van der Waals surface area contributed by atoms with Crippen molar-refractivity contribution in [2.24, 2.45) is 0 Å². The lowest BCUT2D eigenvalue weighted by Crippen LogP contribution is -2.05. The number of carboxylic acid groups (broad SMARTS) is 1. The number of aryl methyl sites for hydroxylation is 1. The van der Waals surface area contributed by atoms with Crippen LogP contribution in [0.5, 0.6) is 0 Å². The molecule has 0 aliphatic carbocycles. The van der Waals surface area contributed by atoms with Crippen LogP contribution < -0.4 is 0 Å². The molecule has 23 heavy (non-hydrogen) atoms. The third kappa shape index (κ3) is 3.05. The molecule has 0 saturated carbocycles. The van der Waals surface area contributed by atoms with Gasteiger partial charge in [-0.2, -0.15) is 0 Å². The highest BCUT2D eigenvalue weighted by atomic mass is 35.5. The Labute approximate surface area is 143 Å². The van der Waals surface area contributed by atoms with Gasteiger partial charge in [-0.05, 0) is 35.9 Å². The summed E-state index contributed by atoms with van der Waals surface area (Å²) in [7, 11) is 0. The first-order chi connectivity index (χ1) is 11.0. The lowest BCUT2D eigenvalue weighted by Gasteiger charge is -2.10. The first-order valence-corrected chi connectivity index (χ1v) is 7.91. The number of aromatic carboxylic acids is 1. The molecule has 6 heteroatoms. The average Bonchev–Trinajstić information content (AvgIpc) is 2.87. The number of nitrogens with zero attached hydrogens (tertiary/aromatic N) is 2. The second-order valence-electron chi connectivity index (χ2n) is 5.21. The second-order valence-corrected chi connectivity index (χ2v) is 6.06. The zero-order valence-electron chi connectivity index (χ0n) is 12.4. The summed E-state index contributed by atoms with van der Waals surface area (Å²) in [5.41, 5.74) is 2.71. The minimum atomic E-state index is -0.956. The number of fused-ring (bicyclic) bond motifs is 1. The third-order valence-electron chi connectivity index (χ3n) is 3.73. The van der Waals surface area contributed by atoms with E-state index in [1.807, 2.05) is 17.6 Å². The van der Waals surface area contributed by atoms with Crippen LogP contribution in [0.1, 0.15) is 28.7 Å². The third-order valence-corrected chi connectivity index (χ3v) is 4.32. The first kappa shape index (κ1) is 15.8. The maximum Gasteiger partial charge on any atom is 0.335 e. The number of hydrogen-bond acceptors (Lipinski definition) is 2. The molecule has 0 fully saturated rings. The molecular weight excluding hydrogens is 335 g/mol. The molecule has 0 radical (unpaired) electrons. The Balaban J connectivity index is 2.14. The molecule has 1 N–H and O–H groups in total. The predicted octanol–water partition coefficient (Wildman–Crippen LogP) is 4.65. The fourth-order valence-electron chi connectivity index (χ4n) is 2.57. The highest BCUT2D eigenvalue weighted by molar-refractivity contribution is 6.35. The molecule has 0 atom stereocenters. The average molecular weight is 349 g/mol. The molecule has 1 heterocycles. The summed E-state index contributed by atoms with van der Waals surface area (Å²) in [5, 5.41) is 10.4. The molecule has 0 amide bonds. The number of imidazole rings is 1. The van der Waals surface area contributed by atoms with E-state index in [2.05, 4.69) is 4.98 Å². The minimum absolute atomic E-state index is 0.239. The SMILES string of the molecule is CCc1nc2ccc(C(=O)O)cc2n1Cc1ccc(Cl)cc1Cl. The van der Waals surface area contributed by atoms with E-state index < -0.39 is 5.97 Å².